The minimum absolute atomic E-state index is 0.0684. The predicted octanol–water partition coefficient (Wildman–Crippen LogP) is 3.35. The third kappa shape index (κ3) is 3.95. The minimum Gasteiger partial charge on any atom is -0.496 e. The molecule has 4 nitrogen and oxygen atoms in total. The van der Waals surface area contributed by atoms with Gasteiger partial charge < -0.3 is 9.47 Å². The van der Waals surface area contributed by atoms with E-state index in [-0.39, 0.29) is 18.2 Å². The van der Waals surface area contributed by atoms with Gasteiger partial charge in [0.1, 0.15) is 11.5 Å². The molecule has 2 aromatic carbocycles. The Balaban J connectivity index is 2.07. The van der Waals surface area contributed by atoms with Crippen LogP contribution in [0.25, 0.3) is 0 Å². The Kier molecular flexibility index (Phi) is 4.94. The van der Waals surface area contributed by atoms with Crippen LogP contribution in [0.2, 0.25) is 0 Å². The first-order chi connectivity index (χ1) is 10.5. The highest BCUT2D eigenvalue weighted by Gasteiger charge is 2.09. The summed E-state index contributed by atoms with van der Waals surface area (Å²) < 4.78 is 10.5. The first kappa shape index (κ1) is 15.8. The van der Waals surface area contributed by atoms with E-state index < -0.39 is 0 Å². The Bertz CT molecular complexity index is 704. The fourth-order valence-electron chi connectivity index (χ4n) is 2.09. The zero-order valence-corrected chi connectivity index (χ0v) is 12.9. The van der Waals surface area contributed by atoms with E-state index in [1.54, 1.807) is 31.4 Å². The van der Waals surface area contributed by atoms with E-state index in [2.05, 4.69) is 0 Å². The molecule has 0 spiro atoms. The van der Waals surface area contributed by atoms with Crippen LogP contribution in [-0.4, -0.2) is 18.9 Å². The average molecular weight is 298 g/mol. The van der Waals surface area contributed by atoms with Gasteiger partial charge in [-0.05, 0) is 43.2 Å². The van der Waals surface area contributed by atoms with Gasteiger partial charge in [-0.3, -0.25) is 9.59 Å². The smallest absolute Gasteiger partial charge is 0.315 e. The van der Waals surface area contributed by atoms with E-state index in [1.807, 2.05) is 25.1 Å². The minimum atomic E-state index is -0.383. The van der Waals surface area contributed by atoms with Crippen molar-refractivity contribution in [3.05, 3.63) is 59.2 Å². The van der Waals surface area contributed by atoms with Gasteiger partial charge in [0, 0.05) is 5.56 Å². The zero-order valence-electron chi connectivity index (χ0n) is 12.9. The van der Waals surface area contributed by atoms with Crippen LogP contribution in [-0.2, 0) is 11.2 Å². The van der Waals surface area contributed by atoms with Crippen molar-refractivity contribution in [2.45, 2.75) is 20.3 Å². The van der Waals surface area contributed by atoms with Crippen molar-refractivity contribution >= 4 is 11.8 Å². The lowest BCUT2D eigenvalue weighted by Crippen LogP contribution is -2.11. The van der Waals surface area contributed by atoms with Gasteiger partial charge in [-0.2, -0.15) is 0 Å². The van der Waals surface area contributed by atoms with Crippen molar-refractivity contribution in [2.75, 3.05) is 7.11 Å². The molecule has 0 radical (unpaired) electrons. The lowest BCUT2D eigenvalue weighted by atomic mass is 10.1. The number of hydrogen-bond acceptors (Lipinski definition) is 4. The zero-order chi connectivity index (χ0) is 16.1. The molecule has 0 aliphatic carbocycles. The van der Waals surface area contributed by atoms with Gasteiger partial charge in [0.15, 0.2) is 5.78 Å². The molecule has 22 heavy (non-hydrogen) atoms. The molecule has 0 bridgehead atoms. The number of benzene rings is 2. The highest BCUT2D eigenvalue weighted by molar-refractivity contribution is 5.94. The molecule has 0 fully saturated rings. The molecular formula is C18H18O4. The van der Waals surface area contributed by atoms with Gasteiger partial charge in [0.25, 0.3) is 0 Å². The Morgan fingerprint density at radius 3 is 2.55 bits per heavy atom. The summed E-state index contributed by atoms with van der Waals surface area (Å²) in [7, 11) is 1.59. The van der Waals surface area contributed by atoms with Crippen LogP contribution in [0.3, 0.4) is 0 Å². The van der Waals surface area contributed by atoms with Crippen molar-refractivity contribution < 1.29 is 19.1 Å². The van der Waals surface area contributed by atoms with Gasteiger partial charge >= 0.3 is 5.97 Å². The number of Topliss-reactive ketones (excluding diaryl/α,β-unsaturated/α-hetero) is 1. The summed E-state index contributed by atoms with van der Waals surface area (Å²) in [5, 5.41) is 0. The van der Waals surface area contributed by atoms with Crippen molar-refractivity contribution in [1.82, 2.24) is 0 Å². The Labute approximate surface area is 129 Å². The Morgan fingerprint density at radius 2 is 1.86 bits per heavy atom. The number of esters is 1. The van der Waals surface area contributed by atoms with Crippen LogP contribution < -0.4 is 9.47 Å². The molecule has 2 aromatic rings. The standard InChI is InChI=1S/C18H18O4/c1-12-7-8-14(9-17(12)21-3)10-18(20)22-16-6-4-5-15(11-16)13(2)19/h4-9,11H,10H2,1-3H3. The summed E-state index contributed by atoms with van der Waals surface area (Å²) in [5.74, 6) is 0.661. The fourth-order valence-corrected chi connectivity index (χ4v) is 2.09. The number of ether oxygens (including phenoxy) is 2. The second-order valence-corrected chi connectivity index (χ2v) is 5.04. The summed E-state index contributed by atoms with van der Waals surface area (Å²) in [6.45, 7) is 3.41. The number of aryl methyl sites for hydroxylation is 1. The molecule has 0 unspecified atom stereocenters. The van der Waals surface area contributed by atoms with Gasteiger partial charge in [-0.1, -0.05) is 24.3 Å². The molecule has 0 aromatic heterocycles. The molecule has 0 amide bonds. The monoisotopic (exact) mass is 298 g/mol. The molecule has 0 aliphatic rings. The maximum Gasteiger partial charge on any atom is 0.315 e. The van der Waals surface area contributed by atoms with Gasteiger partial charge in [-0.15, -0.1) is 0 Å². The number of ketones is 1. The largest absolute Gasteiger partial charge is 0.496 e. The molecule has 0 aliphatic heterocycles. The van der Waals surface area contributed by atoms with Gasteiger partial charge in [-0.25, -0.2) is 0 Å². The highest BCUT2D eigenvalue weighted by atomic mass is 16.5. The summed E-state index contributed by atoms with van der Waals surface area (Å²) in [6, 6.07) is 12.2. The van der Waals surface area contributed by atoms with E-state index in [9.17, 15) is 9.59 Å². The van der Waals surface area contributed by atoms with Crippen LogP contribution in [0.15, 0.2) is 42.5 Å². The molecule has 0 saturated heterocycles. The number of methoxy groups -OCH3 is 1. The second-order valence-electron chi connectivity index (χ2n) is 5.04. The SMILES string of the molecule is COc1cc(CC(=O)Oc2cccc(C(C)=O)c2)ccc1C. The first-order valence-electron chi connectivity index (χ1n) is 6.95. The van der Waals surface area contributed by atoms with Crippen molar-refractivity contribution in [2.24, 2.45) is 0 Å². The number of rotatable bonds is 5. The molecule has 2 rings (SSSR count). The van der Waals surface area contributed by atoms with Crippen molar-refractivity contribution in [3.63, 3.8) is 0 Å². The number of hydrogen-bond donors (Lipinski definition) is 0. The topological polar surface area (TPSA) is 52.6 Å². The van der Waals surface area contributed by atoms with Crippen LogP contribution in [0.5, 0.6) is 11.5 Å². The van der Waals surface area contributed by atoms with E-state index in [4.69, 9.17) is 9.47 Å². The summed E-state index contributed by atoms with van der Waals surface area (Å²) in [5.41, 5.74) is 2.34. The Hall–Kier alpha value is -2.62. The maximum absolute atomic E-state index is 12.0. The number of carbonyl (C=O) groups excluding carboxylic acids is 2. The molecule has 4 heteroatoms. The average Bonchev–Trinajstić information content (AvgIpc) is 2.49. The summed E-state index contributed by atoms with van der Waals surface area (Å²) in [4.78, 5) is 23.3. The van der Waals surface area contributed by atoms with Crippen LogP contribution in [0, 0.1) is 6.92 Å². The maximum atomic E-state index is 12.0. The van der Waals surface area contributed by atoms with Crippen LogP contribution in [0.4, 0.5) is 0 Å². The lowest BCUT2D eigenvalue weighted by molar-refractivity contribution is -0.133. The number of carbonyl (C=O) groups is 2. The molecule has 0 saturated carbocycles. The van der Waals surface area contributed by atoms with Gasteiger partial charge in [0.2, 0.25) is 0 Å². The molecule has 0 atom stereocenters. The lowest BCUT2D eigenvalue weighted by Gasteiger charge is -2.08. The first-order valence-corrected chi connectivity index (χ1v) is 6.95. The van der Waals surface area contributed by atoms with Gasteiger partial charge in [0.05, 0.1) is 13.5 Å². The highest BCUT2D eigenvalue weighted by Crippen LogP contribution is 2.20. The van der Waals surface area contributed by atoms with Crippen LogP contribution >= 0.6 is 0 Å². The Morgan fingerprint density at radius 1 is 1.09 bits per heavy atom. The van der Waals surface area contributed by atoms with E-state index in [0.29, 0.717) is 11.3 Å². The normalized spacial score (nSPS) is 10.1. The summed E-state index contributed by atoms with van der Waals surface area (Å²) >= 11 is 0. The summed E-state index contributed by atoms with van der Waals surface area (Å²) in [6.07, 6.45) is 0.140. The quantitative estimate of drug-likeness (QED) is 0.482. The predicted molar refractivity (Wildman–Crippen MR) is 83.5 cm³/mol. The molecule has 0 N–H and O–H groups in total. The third-order valence-electron chi connectivity index (χ3n) is 3.29. The van der Waals surface area contributed by atoms with E-state index in [1.165, 1.54) is 6.92 Å². The second kappa shape index (κ2) is 6.89. The fraction of sp³-hybridized carbons (Fsp3) is 0.222. The van der Waals surface area contributed by atoms with Crippen LogP contribution in [0.1, 0.15) is 28.4 Å². The third-order valence-corrected chi connectivity index (χ3v) is 3.29. The molecule has 0 heterocycles. The van der Waals surface area contributed by atoms with E-state index in [0.717, 1.165) is 16.9 Å². The van der Waals surface area contributed by atoms with E-state index >= 15 is 0 Å². The van der Waals surface area contributed by atoms with Crippen molar-refractivity contribution in [1.29, 1.82) is 0 Å². The molecule has 114 valence electrons. The molecular weight excluding hydrogens is 280 g/mol. The van der Waals surface area contributed by atoms with Crippen molar-refractivity contribution in [3.8, 4) is 11.5 Å².